The van der Waals surface area contributed by atoms with Crippen LogP contribution in [-0.2, 0) is 4.74 Å². The molecular weight excluding hydrogens is 510 g/mol. The van der Waals surface area contributed by atoms with Crippen LogP contribution in [0.15, 0.2) is 47.6 Å². The number of benzene rings is 2. The third-order valence-corrected chi connectivity index (χ3v) is 6.11. The first kappa shape index (κ1) is 25.7. The third-order valence-electron chi connectivity index (χ3n) is 6.11. The standard InChI is InChI=1S/C24H25N9O6/c34-32(35)18-6-7-21(20(15-18)33(36)37)39-19-5-3-4-17(14-19)16-25-29-22-26-23(30-8-1-2-9-30)28-24(27-22)31-10-12-38-13-11-31/h3-7,14-16H,1-2,8-13H2,(H,26,27,28,29)/b25-16+. The Morgan fingerprint density at radius 3 is 2.33 bits per heavy atom. The summed E-state index contributed by atoms with van der Waals surface area (Å²) in [5.74, 6) is 1.64. The molecule has 0 spiro atoms. The van der Waals surface area contributed by atoms with E-state index in [0.717, 1.165) is 38.1 Å². The van der Waals surface area contributed by atoms with Crippen LogP contribution in [0.25, 0.3) is 0 Å². The molecule has 1 aromatic heterocycles. The van der Waals surface area contributed by atoms with E-state index in [-0.39, 0.29) is 5.75 Å². The summed E-state index contributed by atoms with van der Waals surface area (Å²) in [5, 5.41) is 26.6. The van der Waals surface area contributed by atoms with Gasteiger partial charge in [-0.05, 0) is 36.6 Å². The summed E-state index contributed by atoms with van der Waals surface area (Å²) in [6, 6.07) is 9.90. The lowest BCUT2D eigenvalue weighted by atomic mass is 10.2. The van der Waals surface area contributed by atoms with Gasteiger partial charge in [0.05, 0.1) is 35.3 Å². The van der Waals surface area contributed by atoms with Gasteiger partial charge in [-0.2, -0.15) is 20.1 Å². The van der Waals surface area contributed by atoms with E-state index >= 15 is 0 Å². The van der Waals surface area contributed by atoms with E-state index in [4.69, 9.17) is 9.47 Å². The van der Waals surface area contributed by atoms with Gasteiger partial charge in [-0.15, -0.1) is 0 Å². The third kappa shape index (κ3) is 6.32. The molecule has 2 fully saturated rings. The summed E-state index contributed by atoms with van der Waals surface area (Å²) in [5.41, 5.74) is 2.60. The van der Waals surface area contributed by atoms with Crippen LogP contribution in [0.5, 0.6) is 11.5 Å². The SMILES string of the molecule is O=[N+]([O-])c1ccc(Oc2cccc(/C=N/Nc3nc(N4CCCC4)nc(N4CCOCC4)n3)c2)c([N+](=O)[O-])c1. The van der Waals surface area contributed by atoms with Crippen LogP contribution in [0.3, 0.4) is 0 Å². The summed E-state index contributed by atoms with van der Waals surface area (Å²) < 4.78 is 11.1. The minimum absolute atomic E-state index is 0.118. The van der Waals surface area contributed by atoms with E-state index in [9.17, 15) is 20.2 Å². The maximum Gasteiger partial charge on any atom is 0.318 e. The van der Waals surface area contributed by atoms with Crippen molar-refractivity contribution in [2.75, 3.05) is 54.6 Å². The van der Waals surface area contributed by atoms with Crippen molar-refractivity contribution in [1.82, 2.24) is 15.0 Å². The fraction of sp³-hybridized carbons (Fsp3) is 0.333. The molecule has 0 bridgehead atoms. The molecule has 3 heterocycles. The normalized spacial score (nSPS) is 15.5. The van der Waals surface area contributed by atoms with Crippen molar-refractivity contribution < 1.29 is 19.3 Å². The summed E-state index contributed by atoms with van der Waals surface area (Å²) in [6.07, 6.45) is 3.70. The Morgan fingerprint density at radius 2 is 1.64 bits per heavy atom. The molecular formula is C24H25N9O6. The Balaban J connectivity index is 1.32. The Kier molecular flexibility index (Phi) is 7.68. The Labute approximate surface area is 222 Å². The fourth-order valence-corrected chi connectivity index (χ4v) is 4.17. The zero-order valence-corrected chi connectivity index (χ0v) is 20.8. The molecule has 5 rings (SSSR count). The van der Waals surface area contributed by atoms with Gasteiger partial charge in [-0.3, -0.25) is 20.2 Å². The highest BCUT2D eigenvalue weighted by Crippen LogP contribution is 2.34. The van der Waals surface area contributed by atoms with Gasteiger partial charge < -0.3 is 19.3 Å². The average Bonchev–Trinajstić information content (AvgIpc) is 3.49. The Morgan fingerprint density at radius 1 is 0.923 bits per heavy atom. The van der Waals surface area contributed by atoms with E-state index in [2.05, 4.69) is 35.3 Å². The van der Waals surface area contributed by atoms with Crippen molar-refractivity contribution >= 4 is 35.4 Å². The molecule has 2 aliphatic heterocycles. The number of nitro benzene ring substituents is 2. The minimum atomic E-state index is -0.728. The van der Waals surface area contributed by atoms with Crippen LogP contribution in [0.2, 0.25) is 0 Å². The molecule has 0 unspecified atom stereocenters. The lowest BCUT2D eigenvalue weighted by Gasteiger charge is -2.27. The first-order chi connectivity index (χ1) is 19.0. The molecule has 15 heteroatoms. The quantitative estimate of drug-likeness (QED) is 0.241. The van der Waals surface area contributed by atoms with Crippen molar-refractivity contribution in [3.63, 3.8) is 0 Å². The van der Waals surface area contributed by atoms with Gasteiger partial charge in [-0.1, -0.05) is 12.1 Å². The second-order valence-corrected chi connectivity index (χ2v) is 8.76. The number of hydrogen-bond donors (Lipinski definition) is 1. The van der Waals surface area contributed by atoms with Crippen LogP contribution in [0.4, 0.5) is 29.2 Å². The molecule has 3 aromatic rings. The van der Waals surface area contributed by atoms with Crippen LogP contribution in [0.1, 0.15) is 18.4 Å². The topological polar surface area (TPSA) is 174 Å². The smallest absolute Gasteiger partial charge is 0.318 e. The highest BCUT2D eigenvalue weighted by molar-refractivity contribution is 5.80. The maximum absolute atomic E-state index is 11.4. The molecule has 2 aromatic carbocycles. The van der Waals surface area contributed by atoms with Gasteiger partial charge in [0.25, 0.3) is 5.69 Å². The van der Waals surface area contributed by atoms with Crippen LogP contribution < -0.4 is 20.0 Å². The molecule has 15 nitrogen and oxygen atoms in total. The van der Waals surface area contributed by atoms with Crippen molar-refractivity contribution in [3.05, 3.63) is 68.3 Å². The van der Waals surface area contributed by atoms with Gasteiger partial charge in [0, 0.05) is 32.2 Å². The number of hydrogen-bond acceptors (Lipinski definition) is 13. The number of nitrogens with one attached hydrogen (secondary N) is 1. The van der Waals surface area contributed by atoms with E-state index < -0.39 is 21.2 Å². The molecule has 0 radical (unpaired) electrons. The number of hydrazone groups is 1. The number of ether oxygens (including phenoxy) is 2. The second-order valence-electron chi connectivity index (χ2n) is 8.76. The molecule has 0 aliphatic carbocycles. The predicted molar refractivity (Wildman–Crippen MR) is 142 cm³/mol. The maximum atomic E-state index is 11.4. The largest absolute Gasteiger partial charge is 0.450 e. The number of anilines is 3. The first-order valence-electron chi connectivity index (χ1n) is 12.3. The first-order valence-corrected chi connectivity index (χ1v) is 12.3. The van der Waals surface area contributed by atoms with Gasteiger partial charge >= 0.3 is 5.69 Å². The molecule has 39 heavy (non-hydrogen) atoms. The fourth-order valence-electron chi connectivity index (χ4n) is 4.17. The van der Waals surface area contributed by atoms with Crippen molar-refractivity contribution in [2.24, 2.45) is 5.10 Å². The molecule has 2 saturated heterocycles. The van der Waals surface area contributed by atoms with Crippen LogP contribution in [-0.4, -0.2) is 70.4 Å². The van der Waals surface area contributed by atoms with E-state index in [1.165, 1.54) is 12.3 Å². The van der Waals surface area contributed by atoms with Crippen molar-refractivity contribution in [1.29, 1.82) is 0 Å². The molecule has 0 saturated carbocycles. The summed E-state index contributed by atoms with van der Waals surface area (Å²) in [7, 11) is 0. The number of non-ortho nitro benzene ring substituents is 1. The molecule has 202 valence electrons. The van der Waals surface area contributed by atoms with E-state index in [1.807, 2.05) is 0 Å². The number of rotatable bonds is 9. The highest BCUT2D eigenvalue weighted by Gasteiger charge is 2.22. The predicted octanol–water partition coefficient (Wildman–Crippen LogP) is 3.36. The molecule has 0 amide bonds. The summed E-state index contributed by atoms with van der Waals surface area (Å²) in [6.45, 7) is 4.35. The summed E-state index contributed by atoms with van der Waals surface area (Å²) >= 11 is 0. The van der Waals surface area contributed by atoms with Gasteiger partial charge in [-0.25, -0.2) is 5.43 Å². The molecule has 2 aliphatic rings. The van der Waals surface area contributed by atoms with Crippen molar-refractivity contribution in [3.8, 4) is 11.5 Å². The Bertz CT molecular complexity index is 1390. The number of aromatic nitrogens is 3. The molecule has 1 N–H and O–H groups in total. The average molecular weight is 536 g/mol. The molecule has 0 atom stereocenters. The zero-order valence-electron chi connectivity index (χ0n) is 20.8. The van der Waals surface area contributed by atoms with E-state index in [0.29, 0.717) is 55.5 Å². The lowest BCUT2D eigenvalue weighted by Crippen LogP contribution is -2.38. The number of morpholine rings is 1. The number of nitro groups is 2. The highest BCUT2D eigenvalue weighted by atomic mass is 16.6. The van der Waals surface area contributed by atoms with E-state index in [1.54, 1.807) is 24.3 Å². The van der Waals surface area contributed by atoms with Gasteiger partial charge in [0.2, 0.25) is 23.6 Å². The lowest BCUT2D eigenvalue weighted by molar-refractivity contribution is -0.394. The number of nitrogens with zero attached hydrogens (tertiary/aromatic N) is 8. The van der Waals surface area contributed by atoms with Gasteiger partial charge in [0.1, 0.15) is 5.75 Å². The zero-order chi connectivity index (χ0) is 27.2. The Hall–Kier alpha value is -4.92. The van der Waals surface area contributed by atoms with Gasteiger partial charge in [0.15, 0.2) is 0 Å². The second kappa shape index (κ2) is 11.6. The monoisotopic (exact) mass is 535 g/mol. The minimum Gasteiger partial charge on any atom is -0.450 e. The van der Waals surface area contributed by atoms with Crippen LogP contribution >= 0.6 is 0 Å². The summed E-state index contributed by atoms with van der Waals surface area (Å²) in [4.78, 5) is 38.9. The van der Waals surface area contributed by atoms with Crippen molar-refractivity contribution in [2.45, 2.75) is 12.8 Å². The van der Waals surface area contributed by atoms with Crippen LogP contribution in [0, 0.1) is 20.2 Å².